The maximum Gasteiger partial charge on any atom is 0.433 e. The zero-order chi connectivity index (χ0) is 17.9. The molecule has 0 radical (unpaired) electrons. The largest absolute Gasteiger partial charge is 0.433 e. The molecule has 1 rings (SSSR count). The van der Waals surface area contributed by atoms with E-state index in [0.29, 0.717) is 11.1 Å². The Kier molecular flexibility index (Phi) is 6.12. The first-order valence-electron chi connectivity index (χ1n) is 6.18. The van der Waals surface area contributed by atoms with Crippen LogP contribution in [0.25, 0.3) is 0 Å². The molecule has 11 heteroatoms. The molecule has 23 heavy (non-hydrogen) atoms. The van der Waals surface area contributed by atoms with E-state index in [2.05, 4.69) is 9.05 Å². The monoisotopic (exact) mass is 365 g/mol. The highest BCUT2D eigenvalue weighted by Gasteiger charge is 2.39. The van der Waals surface area contributed by atoms with Crippen LogP contribution in [0.4, 0.5) is 32.0 Å². The van der Waals surface area contributed by atoms with Crippen LogP contribution in [0.3, 0.4) is 0 Å². The molecule has 1 aromatic carbocycles. The fourth-order valence-electron chi connectivity index (χ4n) is 1.42. The number of alkyl halides is 6. The summed E-state index contributed by atoms with van der Waals surface area (Å²) in [5, 5.41) is 2.02. The third kappa shape index (κ3) is 7.71. The van der Waals surface area contributed by atoms with Gasteiger partial charge in [-0.1, -0.05) is 12.1 Å². The second kappa shape index (κ2) is 7.11. The molecule has 0 unspecified atom stereocenters. The van der Waals surface area contributed by atoms with Gasteiger partial charge in [0.15, 0.2) is 13.2 Å². The molecule has 1 aromatic rings. The van der Waals surface area contributed by atoms with E-state index in [1.165, 1.54) is 13.0 Å². The van der Waals surface area contributed by atoms with Crippen molar-refractivity contribution < 1.29 is 40.0 Å². The van der Waals surface area contributed by atoms with Crippen molar-refractivity contribution in [2.24, 2.45) is 0 Å². The van der Waals surface area contributed by atoms with Crippen molar-refractivity contribution in [3.8, 4) is 0 Å². The predicted molar refractivity (Wildman–Crippen MR) is 71.2 cm³/mol. The molecule has 0 aliphatic heterocycles. The second-order valence-electron chi connectivity index (χ2n) is 4.70. The molecule has 0 aliphatic carbocycles. The molecular weight excluding hydrogens is 351 g/mol. The molecule has 0 saturated heterocycles. The van der Waals surface area contributed by atoms with Crippen LogP contribution < -0.4 is 5.09 Å². The number of aryl methyl sites for hydroxylation is 2. The van der Waals surface area contributed by atoms with Crippen LogP contribution in [-0.4, -0.2) is 25.6 Å². The van der Waals surface area contributed by atoms with E-state index < -0.39 is 33.3 Å². The number of hydrogen-bond donors (Lipinski definition) is 1. The van der Waals surface area contributed by atoms with E-state index in [4.69, 9.17) is 0 Å². The summed E-state index contributed by atoms with van der Waals surface area (Å²) in [7, 11) is -4.87. The number of rotatable bonds is 6. The lowest BCUT2D eigenvalue weighted by Crippen LogP contribution is -2.22. The van der Waals surface area contributed by atoms with Gasteiger partial charge in [0.2, 0.25) is 0 Å². The normalized spacial score (nSPS) is 13.2. The van der Waals surface area contributed by atoms with Gasteiger partial charge in [-0.3, -0.25) is 14.1 Å². The van der Waals surface area contributed by atoms with Gasteiger partial charge in [-0.05, 0) is 31.0 Å². The Morgan fingerprint density at radius 1 is 1.00 bits per heavy atom. The minimum absolute atomic E-state index is 0.0534. The van der Waals surface area contributed by atoms with Crippen LogP contribution in [0, 0.1) is 13.8 Å². The molecule has 0 saturated carbocycles. The lowest BCUT2D eigenvalue weighted by molar-refractivity contribution is -0.165. The number of halogens is 6. The lowest BCUT2D eigenvalue weighted by atomic mass is 10.1. The lowest BCUT2D eigenvalue weighted by Gasteiger charge is -2.22. The van der Waals surface area contributed by atoms with Gasteiger partial charge in [0.1, 0.15) is 0 Å². The number of nitrogens with one attached hydrogen (secondary N) is 1. The maximum absolute atomic E-state index is 12.2. The van der Waals surface area contributed by atoms with Crippen molar-refractivity contribution >= 4 is 13.4 Å². The molecule has 132 valence electrons. The fraction of sp³-hybridized carbons (Fsp3) is 0.500. The maximum atomic E-state index is 12.2. The van der Waals surface area contributed by atoms with Crippen LogP contribution in [0.5, 0.6) is 0 Å². The highest BCUT2D eigenvalue weighted by Crippen LogP contribution is 2.50. The minimum Gasteiger partial charge on any atom is -0.293 e. The second-order valence-corrected chi connectivity index (χ2v) is 6.44. The molecule has 0 aromatic heterocycles. The number of benzene rings is 1. The van der Waals surface area contributed by atoms with Crippen molar-refractivity contribution in [1.82, 2.24) is 0 Å². The summed E-state index contributed by atoms with van der Waals surface area (Å²) in [6.07, 6.45) is -9.75. The van der Waals surface area contributed by atoms with Gasteiger partial charge < -0.3 is 0 Å². The van der Waals surface area contributed by atoms with E-state index in [9.17, 15) is 30.9 Å². The summed E-state index contributed by atoms with van der Waals surface area (Å²) in [4.78, 5) is 0. The van der Waals surface area contributed by atoms with Gasteiger partial charge in [0.25, 0.3) is 0 Å². The molecule has 4 nitrogen and oxygen atoms in total. The number of anilines is 1. The molecule has 0 spiro atoms. The van der Waals surface area contributed by atoms with Crippen LogP contribution in [0.1, 0.15) is 11.1 Å². The summed E-state index contributed by atoms with van der Waals surface area (Å²) >= 11 is 0. The van der Waals surface area contributed by atoms with Crippen LogP contribution in [0.15, 0.2) is 18.2 Å². The molecule has 0 heterocycles. The van der Waals surface area contributed by atoms with Crippen molar-refractivity contribution in [2.75, 3.05) is 18.3 Å². The highest BCUT2D eigenvalue weighted by molar-refractivity contribution is 7.55. The van der Waals surface area contributed by atoms with E-state index in [0.717, 1.165) is 0 Å². The van der Waals surface area contributed by atoms with Crippen molar-refractivity contribution in [3.05, 3.63) is 29.3 Å². The first-order valence-corrected chi connectivity index (χ1v) is 7.72. The molecule has 1 N–H and O–H groups in total. The van der Waals surface area contributed by atoms with Gasteiger partial charge in [-0.15, -0.1) is 0 Å². The Hall–Kier alpha value is -1.25. The Morgan fingerprint density at radius 3 is 1.91 bits per heavy atom. The summed E-state index contributed by atoms with van der Waals surface area (Å²) in [6, 6.07) is 4.62. The van der Waals surface area contributed by atoms with Crippen LogP contribution in [0.2, 0.25) is 0 Å². The van der Waals surface area contributed by atoms with Crippen LogP contribution in [-0.2, 0) is 13.6 Å². The van der Waals surface area contributed by atoms with E-state index in [1.54, 1.807) is 19.1 Å². The molecule has 0 aliphatic rings. The average molecular weight is 365 g/mol. The highest BCUT2D eigenvalue weighted by atomic mass is 31.2. The summed E-state index contributed by atoms with van der Waals surface area (Å²) < 4.78 is 93.5. The van der Waals surface area contributed by atoms with E-state index in [-0.39, 0.29) is 5.69 Å². The SMILES string of the molecule is Cc1ccc(C)c(NP(=O)(OCC(F)(F)F)OCC(F)(F)F)c1. The van der Waals surface area contributed by atoms with Gasteiger partial charge in [0.05, 0.1) is 0 Å². The number of hydrogen-bond acceptors (Lipinski definition) is 3. The Labute approximate surface area is 128 Å². The zero-order valence-corrected chi connectivity index (χ0v) is 13.0. The fourth-order valence-corrected chi connectivity index (χ4v) is 2.79. The van der Waals surface area contributed by atoms with Gasteiger partial charge >= 0.3 is 20.1 Å². The summed E-state index contributed by atoms with van der Waals surface area (Å²) in [5.41, 5.74) is 1.15. The third-order valence-corrected chi connectivity index (χ3v) is 3.90. The van der Waals surface area contributed by atoms with Gasteiger partial charge in [0, 0.05) is 5.69 Å². The van der Waals surface area contributed by atoms with E-state index in [1.807, 2.05) is 5.09 Å². The summed E-state index contributed by atoms with van der Waals surface area (Å²) in [6.45, 7) is -0.859. The quantitative estimate of drug-likeness (QED) is 0.571. The van der Waals surface area contributed by atoms with E-state index >= 15 is 0 Å². The standard InChI is InChI=1S/C12H14F6NO3P/c1-8-3-4-9(2)10(5-8)19-23(20,21-6-11(13,14)15)22-7-12(16,17)18/h3-5H,6-7H2,1-2H3,(H,19,20). The summed E-state index contributed by atoms with van der Waals surface area (Å²) in [5.74, 6) is 0. The average Bonchev–Trinajstić information content (AvgIpc) is 2.37. The van der Waals surface area contributed by atoms with Crippen molar-refractivity contribution in [3.63, 3.8) is 0 Å². The predicted octanol–water partition coefficient (Wildman–Crippen LogP) is 4.98. The molecule has 0 atom stereocenters. The molecule has 0 amide bonds. The molecule has 0 bridgehead atoms. The first-order chi connectivity index (χ1) is 10.3. The van der Waals surface area contributed by atoms with Gasteiger partial charge in [-0.2, -0.15) is 26.3 Å². The third-order valence-electron chi connectivity index (χ3n) is 2.45. The Morgan fingerprint density at radius 2 is 1.48 bits per heavy atom. The minimum atomic E-state index is -4.87. The Balaban J connectivity index is 2.98. The van der Waals surface area contributed by atoms with Crippen LogP contribution >= 0.6 is 7.75 Å². The molecule has 0 fully saturated rings. The molecular formula is C12H14F6NO3P. The van der Waals surface area contributed by atoms with Gasteiger partial charge in [-0.25, -0.2) is 4.57 Å². The topological polar surface area (TPSA) is 47.6 Å². The zero-order valence-electron chi connectivity index (χ0n) is 12.1. The first kappa shape index (κ1) is 19.8. The Bertz CT molecular complexity index is 565. The van der Waals surface area contributed by atoms with Crippen molar-refractivity contribution in [2.45, 2.75) is 26.2 Å². The van der Waals surface area contributed by atoms with Crippen molar-refractivity contribution in [1.29, 1.82) is 0 Å². The smallest absolute Gasteiger partial charge is 0.293 e.